The van der Waals surface area contributed by atoms with Crippen LogP contribution in [0.5, 0.6) is 5.75 Å². The van der Waals surface area contributed by atoms with Crippen molar-refractivity contribution in [3.8, 4) is 5.75 Å². The lowest BCUT2D eigenvalue weighted by molar-refractivity contribution is 0.259. The van der Waals surface area contributed by atoms with E-state index in [1.54, 1.807) is 7.05 Å². The van der Waals surface area contributed by atoms with Crippen molar-refractivity contribution in [2.45, 2.75) is 33.2 Å². The van der Waals surface area contributed by atoms with E-state index in [2.05, 4.69) is 40.4 Å². The van der Waals surface area contributed by atoms with Crippen molar-refractivity contribution < 1.29 is 4.74 Å². The van der Waals surface area contributed by atoms with E-state index in [0.29, 0.717) is 13.2 Å². The molecule has 5 nitrogen and oxygen atoms in total. The van der Waals surface area contributed by atoms with Gasteiger partial charge in [-0.05, 0) is 38.9 Å². The smallest absolute Gasteiger partial charge is 0.191 e. The topological polar surface area (TPSA) is 48.9 Å². The highest BCUT2D eigenvalue weighted by Crippen LogP contribution is 2.17. The van der Waals surface area contributed by atoms with Gasteiger partial charge in [-0.3, -0.25) is 4.99 Å². The Bertz CT molecular complexity index is 492. The lowest BCUT2D eigenvalue weighted by atomic mass is 10.1. The lowest BCUT2D eigenvalue weighted by Gasteiger charge is -2.16. The summed E-state index contributed by atoms with van der Waals surface area (Å²) in [6.07, 6.45) is 2.38. The molecular weight excluding hydrogens is 427 g/mol. The Morgan fingerprint density at radius 3 is 2.56 bits per heavy atom. The molecule has 0 saturated carbocycles. The molecule has 0 spiro atoms. The van der Waals surface area contributed by atoms with Gasteiger partial charge in [0.05, 0.1) is 0 Å². The van der Waals surface area contributed by atoms with Crippen molar-refractivity contribution in [2.24, 2.45) is 10.9 Å². The summed E-state index contributed by atoms with van der Waals surface area (Å²) in [4.78, 5) is 6.40. The van der Waals surface area contributed by atoms with Crippen molar-refractivity contribution in [1.82, 2.24) is 15.5 Å². The first kappa shape index (κ1) is 24.0. The molecule has 0 aliphatic carbocycles. The largest absolute Gasteiger partial charge is 0.492 e. The van der Waals surface area contributed by atoms with E-state index in [9.17, 15) is 0 Å². The lowest BCUT2D eigenvalue weighted by Crippen LogP contribution is -2.37. The van der Waals surface area contributed by atoms with Crippen LogP contribution in [-0.2, 0) is 6.54 Å². The number of aliphatic imine (C=N–C) groups is 1. The van der Waals surface area contributed by atoms with E-state index in [1.165, 1.54) is 6.42 Å². The van der Waals surface area contributed by atoms with Gasteiger partial charge in [0.2, 0.25) is 0 Å². The molecule has 6 heteroatoms. The van der Waals surface area contributed by atoms with Crippen molar-refractivity contribution in [2.75, 3.05) is 40.8 Å². The molecule has 2 N–H and O–H groups in total. The van der Waals surface area contributed by atoms with Crippen molar-refractivity contribution in [3.05, 3.63) is 29.8 Å². The summed E-state index contributed by atoms with van der Waals surface area (Å²) in [7, 11) is 5.90. The third-order valence-corrected chi connectivity index (χ3v) is 3.69. The number of nitrogens with one attached hydrogen (secondary N) is 2. The standard InChI is InChI=1S/C19H34N4O.HI/c1-16(2)9-8-12-21-19(20-3)22-15-17-10-6-7-11-18(17)24-14-13-23(4)5;/h6-7,10-11,16H,8-9,12-15H2,1-5H3,(H2,20,21,22);1H. The summed E-state index contributed by atoms with van der Waals surface area (Å²) >= 11 is 0. The maximum atomic E-state index is 5.90. The highest BCUT2D eigenvalue weighted by atomic mass is 127. The van der Waals surface area contributed by atoms with E-state index < -0.39 is 0 Å². The average molecular weight is 462 g/mol. The highest BCUT2D eigenvalue weighted by Gasteiger charge is 2.05. The van der Waals surface area contributed by atoms with Crippen LogP contribution in [0.4, 0.5) is 0 Å². The quantitative estimate of drug-likeness (QED) is 0.242. The first-order chi connectivity index (χ1) is 11.5. The minimum Gasteiger partial charge on any atom is -0.492 e. The maximum absolute atomic E-state index is 5.90. The zero-order valence-corrected chi connectivity index (χ0v) is 18.7. The van der Waals surface area contributed by atoms with Gasteiger partial charge in [-0.1, -0.05) is 32.0 Å². The summed E-state index contributed by atoms with van der Waals surface area (Å²) in [6.45, 7) is 7.73. The summed E-state index contributed by atoms with van der Waals surface area (Å²) in [6, 6.07) is 8.15. The van der Waals surface area contributed by atoms with Gasteiger partial charge in [0, 0.05) is 32.2 Å². The molecule has 0 fully saturated rings. The summed E-state index contributed by atoms with van der Waals surface area (Å²) < 4.78 is 5.90. The van der Waals surface area contributed by atoms with Gasteiger partial charge < -0.3 is 20.3 Å². The summed E-state index contributed by atoms with van der Waals surface area (Å²) in [5, 5.41) is 6.73. The van der Waals surface area contributed by atoms with Crippen LogP contribution in [0.3, 0.4) is 0 Å². The van der Waals surface area contributed by atoms with Gasteiger partial charge in [0.25, 0.3) is 0 Å². The van der Waals surface area contributed by atoms with Crippen LogP contribution in [0.2, 0.25) is 0 Å². The molecule has 0 unspecified atom stereocenters. The normalized spacial score (nSPS) is 11.4. The number of para-hydroxylation sites is 1. The second kappa shape index (κ2) is 14.2. The zero-order valence-electron chi connectivity index (χ0n) is 16.3. The van der Waals surface area contributed by atoms with Crippen LogP contribution in [0, 0.1) is 5.92 Å². The number of hydrogen-bond donors (Lipinski definition) is 2. The molecule has 0 heterocycles. The Hall–Kier alpha value is -1.02. The van der Waals surface area contributed by atoms with E-state index >= 15 is 0 Å². The average Bonchev–Trinajstić information content (AvgIpc) is 2.54. The number of ether oxygens (including phenoxy) is 1. The molecule has 144 valence electrons. The first-order valence-electron chi connectivity index (χ1n) is 8.83. The summed E-state index contributed by atoms with van der Waals surface area (Å²) in [5.74, 6) is 2.51. The molecule has 0 saturated heterocycles. The number of guanidine groups is 1. The number of halogens is 1. The molecular formula is C19H35IN4O. The van der Waals surface area contributed by atoms with E-state index in [-0.39, 0.29) is 24.0 Å². The predicted molar refractivity (Wildman–Crippen MR) is 118 cm³/mol. The highest BCUT2D eigenvalue weighted by molar-refractivity contribution is 14.0. The van der Waals surface area contributed by atoms with Gasteiger partial charge in [0.15, 0.2) is 5.96 Å². The fourth-order valence-electron chi connectivity index (χ4n) is 2.25. The second-order valence-corrected chi connectivity index (χ2v) is 6.65. The van der Waals surface area contributed by atoms with E-state index in [0.717, 1.165) is 42.7 Å². The van der Waals surface area contributed by atoms with Crippen molar-refractivity contribution >= 4 is 29.9 Å². The van der Waals surface area contributed by atoms with Crippen LogP contribution in [0.15, 0.2) is 29.3 Å². The van der Waals surface area contributed by atoms with Gasteiger partial charge in [-0.2, -0.15) is 0 Å². The van der Waals surface area contributed by atoms with Crippen molar-refractivity contribution in [1.29, 1.82) is 0 Å². The molecule has 25 heavy (non-hydrogen) atoms. The molecule has 0 amide bonds. The minimum absolute atomic E-state index is 0. The second-order valence-electron chi connectivity index (χ2n) is 6.65. The first-order valence-corrected chi connectivity index (χ1v) is 8.83. The minimum atomic E-state index is 0. The molecule has 0 atom stereocenters. The maximum Gasteiger partial charge on any atom is 0.191 e. The fourth-order valence-corrected chi connectivity index (χ4v) is 2.25. The fraction of sp³-hybridized carbons (Fsp3) is 0.632. The van der Waals surface area contributed by atoms with Gasteiger partial charge in [0.1, 0.15) is 12.4 Å². The van der Waals surface area contributed by atoms with Crippen LogP contribution in [0.25, 0.3) is 0 Å². The molecule has 1 aromatic carbocycles. The third-order valence-electron chi connectivity index (χ3n) is 3.69. The molecule has 1 rings (SSSR count). The number of likely N-dealkylation sites (N-methyl/N-ethyl adjacent to an activating group) is 1. The monoisotopic (exact) mass is 462 g/mol. The molecule has 1 aromatic rings. The van der Waals surface area contributed by atoms with Crippen LogP contribution in [0.1, 0.15) is 32.3 Å². The molecule has 0 bridgehead atoms. The number of nitrogens with zero attached hydrogens (tertiary/aromatic N) is 2. The molecule has 0 aliphatic rings. The van der Waals surface area contributed by atoms with Crippen molar-refractivity contribution in [3.63, 3.8) is 0 Å². The summed E-state index contributed by atoms with van der Waals surface area (Å²) in [5.41, 5.74) is 1.14. The number of hydrogen-bond acceptors (Lipinski definition) is 3. The predicted octanol–water partition coefficient (Wildman–Crippen LogP) is 3.35. The van der Waals surface area contributed by atoms with Gasteiger partial charge >= 0.3 is 0 Å². The Balaban J connectivity index is 0.00000576. The van der Waals surface area contributed by atoms with Gasteiger partial charge in [-0.15, -0.1) is 24.0 Å². The number of rotatable bonds is 10. The van der Waals surface area contributed by atoms with Crippen LogP contribution < -0.4 is 15.4 Å². The molecule has 0 aromatic heterocycles. The molecule has 0 radical (unpaired) electrons. The van der Waals surface area contributed by atoms with E-state index in [1.807, 2.05) is 32.3 Å². The Kier molecular flexibility index (Phi) is 13.6. The SMILES string of the molecule is CN=C(NCCCC(C)C)NCc1ccccc1OCCN(C)C.I. The zero-order chi connectivity index (χ0) is 17.8. The Morgan fingerprint density at radius 1 is 1.20 bits per heavy atom. The van der Waals surface area contributed by atoms with Gasteiger partial charge in [-0.25, -0.2) is 0 Å². The van der Waals surface area contributed by atoms with E-state index in [4.69, 9.17) is 4.74 Å². The Morgan fingerprint density at radius 2 is 1.92 bits per heavy atom. The Labute approximate surface area is 170 Å². The van der Waals surface area contributed by atoms with Crippen LogP contribution >= 0.6 is 24.0 Å². The molecule has 0 aliphatic heterocycles. The van der Waals surface area contributed by atoms with Crippen LogP contribution in [-0.4, -0.2) is 51.7 Å². The number of benzene rings is 1. The third kappa shape index (κ3) is 11.3.